The molecule has 0 amide bonds. The fourth-order valence-corrected chi connectivity index (χ4v) is 3.31. The molecule has 2 aromatic carbocycles. The van der Waals surface area contributed by atoms with E-state index in [-0.39, 0.29) is 6.10 Å². The number of benzene rings is 2. The number of halogens is 1. The highest BCUT2D eigenvalue weighted by atomic mass is 35.5. The van der Waals surface area contributed by atoms with Gasteiger partial charge in [0, 0.05) is 36.3 Å². The van der Waals surface area contributed by atoms with Gasteiger partial charge in [-0.2, -0.15) is 4.98 Å². The van der Waals surface area contributed by atoms with Gasteiger partial charge in [-0.3, -0.25) is 0 Å². The highest BCUT2D eigenvalue weighted by Gasteiger charge is 2.15. The molecule has 1 fully saturated rings. The lowest BCUT2D eigenvalue weighted by Crippen LogP contribution is -2.19. The van der Waals surface area contributed by atoms with E-state index in [1.165, 1.54) is 0 Å². The van der Waals surface area contributed by atoms with E-state index in [4.69, 9.17) is 21.3 Å². The Hall–Kier alpha value is -2.63. The zero-order valence-corrected chi connectivity index (χ0v) is 16.3. The van der Waals surface area contributed by atoms with E-state index >= 15 is 0 Å². The summed E-state index contributed by atoms with van der Waals surface area (Å²) in [5.74, 6) is 1.38. The van der Waals surface area contributed by atoms with Crippen molar-refractivity contribution in [2.75, 3.05) is 23.8 Å². The second-order valence-electron chi connectivity index (χ2n) is 6.82. The quantitative estimate of drug-likeness (QED) is 0.590. The van der Waals surface area contributed by atoms with Crippen LogP contribution in [-0.4, -0.2) is 29.2 Å². The summed E-state index contributed by atoms with van der Waals surface area (Å²) in [5.41, 5.74) is 3.05. The highest BCUT2D eigenvalue weighted by molar-refractivity contribution is 6.30. The van der Waals surface area contributed by atoms with Crippen LogP contribution in [0.1, 0.15) is 18.4 Å². The topological polar surface area (TPSA) is 59.1 Å². The van der Waals surface area contributed by atoms with Gasteiger partial charge in [-0.15, -0.1) is 0 Å². The maximum absolute atomic E-state index is 5.96. The predicted octanol–water partition coefficient (Wildman–Crippen LogP) is 5.00. The molecule has 0 bridgehead atoms. The fraction of sp³-hybridized carbons (Fsp3) is 0.273. The first-order valence-corrected chi connectivity index (χ1v) is 9.92. The van der Waals surface area contributed by atoms with Crippen molar-refractivity contribution in [3.05, 3.63) is 71.2 Å². The molecule has 144 valence electrons. The van der Waals surface area contributed by atoms with Crippen LogP contribution in [0.25, 0.3) is 11.3 Å². The molecule has 2 heterocycles. The van der Waals surface area contributed by atoms with Gasteiger partial charge < -0.3 is 15.4 Å². The maximum Gasteiger partial charge on any atom is 0.225 e. The normalized spacial score (nSPS) is 16.1. The van der Waals surface area contributed by atoms with Gasteiger partial charge >= 0.3 is 0 Å². The molecule has 0 spiro atoms. The lowest BCUT2D eigenvalue weighted by molar-refractivity contribution is 0.120. The molecule has 2 N–H and O–H groups in total. The molecule has 1 aromatic heterocycles. The molecule has 4 rings (SSSR count). The van der Waals surface area contributed by atoms with Gasteiger partial charge in [0.1, 0.15) is 5.82 Å². The number of aromatic nitrogens is 2. The molecule has 0 radical (unpaired) electrons. The number of hydrogen-bond acceptors (Lipinski definition) is 5. The molecular formula is C22H23ClN4O. The number of nitrogens with one attached hydrogen (secondary N) is 2. The SMILES string of the molecule is Clc1ccc(CNc2nc(NCC3CCCO3)cc(-c3ccccc3)n2)cc1. The van der Waals surface area contributed by atoms with E-state index in [1.54, 1.807) is 0 Å². The van der Waals surface area contributed by atoms with Crippen molar-refractivity contribution in [2.24, 2.45) is 0 Å². The minimum absolute atomic E-state index is 0.251. The monoisotopic (exact) mass is 394 g/mol. The molecule has 28 heavy (non-hydrogen) atoms. The Bertz CT molecular complexity index is 896. The minimum atomic E-state index is 0.251. The van der Waals surface area contributed by atoms with Gasteiger partial charge in [0.15, 0.2) is 0 Å². The minimum Gasteiger partial charge on any atom is -0.376 e. The molecule has 5 nitrogen and oxygen atoms in total. The molecule has 0 aliphatic carbocycles. The zero-order chi connectivity index (χ0) is 19.2. The van der Waals surface area contributed by atoms with Crippen LogP contribution >= 0.6 is 11.6 Å². The Balaban J connectivity index is 1.53. The van der Waals surface area contributed by atoms with Crippen molar-refractivity contribution in [3.8, 4) is 11.3 Å². The Morgan fingerprint density at radius 1 is 1.00 bits per heavy atom. The third-order valence-corrected chi connectivity index (χ3v) is 4.95. The van der Waals surface area contributed by atoms with Crippen molar-refractivity contribution in [1.29, 1.82) is 0 Å². The summed E-state index contributed by atoms with van der Waals surface area (Å²) in [6.45, 7) is 2.22. The number of anilines is 2. The summed E-state index contributed by atoms with van der Waals surface area (Å²) in [6.07, 6.45) is 2.46. The summed E-state index contributed by atoms with van der Waals surface area (Å²) >= 11 is 5.96. The van der Waals surface area contributed by atoms with Crippen molar-refractivity contribution >= 4 is 23.4 Å². The van der Waals surface area contributed by atoms with Gasteiger partial charge in [-0.05, 0) is 30.5 Å². The van der Waals surface area contributed by atoms with Crippen LogP contribution in [0.5, 0.6) is 0 Å². The summed E-state index contributed by atoms with van der Waals surface area (Å²) in [6, 6.07) is 19.9. The summed E-state index contributed by atoms with van der Waals surface area (Å²) in [7, 11) is 0. The molecular weight excluding hydrogens is 372 g/mol. The van der Waals surface area contributed by atoms with Crippen LogP contribution < -0.4 is 10.6 Å². The van der Waals surface area contributed by atoms with Crippen molar-refractivity contribution in [1.82, 2.24) is 9.97 Å². The van der Waals surface area contributed by atoms with Gasteiger partial charge in [0.2, 0.25) is 5.95 Å². The van der Waals surface area contributed by atoms with Crippen LogP contribution in [0.3, 0.4) is 0 Å². The first-order valence-electron chi connectivity index (χ1n) is 9.54. The molecule has 3 aromatic rings. The Kier molecular flexibility index (Phi) is 6.04. The summed E-state index contributed by atoms with van der Waals surface area (Å²) in [5, 5.41) is 7.46. The molecule has 1 aliphatic rings. The van der Waals surface area contributed by atoms with E-state index in [0.29, 0.717) is 12.5 Å². The van der Waals surface area contributed by atoms with Crippen LogP contribution in [0.15, 0.2) is 60.7 Å². The second kappa shape index (κ2) is 9.04. The van der Waals surface area contributed by atoms with Crippen LogP contribution in [0, 0.1) is 0 Å². The molecule has 1 atom stereocenters. The molecule has 1 aliphatic heterocycles. The average Bonchev–Trinajstić information content (AvgIpc) is 3.26. The summed E-state index contributed by atoms with van der Waals surface area (Å²) in [4.78, 5) is 9.33. The average molecular weight is 395 g/mol. The van der Waals surface area contributed by atoms with Crippen molar-refractivity contribution in [2.45, 2.75) is 25.5 Å². The maximum atomic E-state index is 5.96. The van der Waals surface area contributed by atoms with E-state index < -0.39 is 0 Å². The molecule has 6 heteroatoms. The fourth-order valence-electron chi connectivity index (χ4n) is 3.18. The third kappa shape index (κ3) is 5.00. The lowest BCUT2D eigenvalue weighted by Gasteiger charge is -2.14. The Morgan fingerprint density at radius 3 is 2.57 bits per heavy atom. The molecule has 0 saturated carbocycles. The first-order chi connectivity index (χ1) is 13.8. The Labute approximate surface area is 170 Å². The Morgan fingerprint density at radius 2 is 1.82 bits per heavy atom. The van der Waals surface area contributed by atoms with Crippen molar-refractivity contribution in [3.63, 3.8) is 0 Å². The number of hydrogen-bond donors (Lipinski definition) is 2. The number of ether oxygens (including phenoxy) is 1. The largest absolute Gasteiger partial charge is 0.376 e. The van der Waals surface area contributed by atoms with Crippen LogP contribution in [0.2, 0.25) is 5.02 Å². The summed E-state index contributed by atoms with van der Waals surface area (Å²) < 4.78 is 5.70. The predicted molar refractivity (Wildman–Crippen MR) is 114 cm³/mol. The van der Waals surface area contributed by atoms with Crippen LogP contribution in [0.4, 0.5) is 11.8 Å². The second-order valence-corrected chi connectivity index (χ2v) is 7.26. The van der Waals surface area contributed by atoms with Gasteiger partial charge in [-0.25, -0.2) is 4.98 Å². The first kappa shape index (κ1) is 18.7. The molecule has 1 saturated heterocycles. The highest BCUT2D eigenvalue weighted by Crippen LogP contribution is 2.22. The van der Waals surface area contributed by atoms with Gasteiger partial charge in [0.05, 0.1) is 11.8 Å². The molecule has 1 unspecified atom stereocenters. The standard InChI is InChI=1S/C22H23ClN4O/c23-18-10-8-16(9-11-18)14-25-22-26-20(17-5-2-1-3-6-17)13-21(27-22)24-15-19-7-4-12-28-19/h1-3,5-6,8-11,13,19H,4,7,12,14-15H2,(H2,24,25,26,27). The van der Waals surface area contributed by atoms with E-state index in [1.807, 2.05) is 48.5 Å². The van der Waals surface area contributed by atoms with Gasteiger partial charge in [0.25, 0.3) is 0 Å². The van der Waals surface area contributed by atoms with Crippen LogP contribution in [-0.2, 0) is 11.3 Å². The third-order valence-electron chi connectivity index (χ3n) is 4.69. The smallest absolute Gasteiger partial charge is 0.225 e. The van der Waals surface area contributed by atoms with Gasteiger partial charge in [-0.1, -0.05) is 54.1 Å². The number of nitrogens with zero attached hydrogens (tertiary/aromatic N) is 2. The van der Waals surface area contributed by atoms with E-state index in [9.17, 15) is 0 Å². The zero-order valence-electron chi connectivity index (χ0n) is 15.6. The van der Waals surface area contributed by atoms with Crippen molar-refractivity contribution < 1.29 is 4.74 Å². The number of rotatable bonds is 7. The lowest BCUT2D eigenvalue weighted by atomic mass is 10.1. The van der Waals surface area contributed by atoms with E-state index in [0.717, 1.165) is 53.7 Å². The van der Waals surface area contributed by atoms with E-state index in [2.05, 4.69) is 27.8 Å².